The molecular formula is C14H24N2O2. The Balaban J connectivity index is 2.29. The lowest BCUT2D eigenvalue weighted by molar-refractivity contribution is -0.132. The van der Waals surface area contributed by atoms with Crippen molar-refractivity contribution in [2.75, 3.05) is 26.8 Å². The highest BCUT2D eigenvalue weighted by Crippen LogP contribution is 2.28. The summed E-state index contributed by atoms with van der Waals surface area (Å²) in [4.78, 5) is 13.8. The van der Waals surface area contributed by atoms with Crippen LogP contribution in [0.25, 0.3) is 0 Å². The van der Waals surface area contributed by atoms with Crippen molar-refractivity contribution in [3.05, 3.63) is 0 Å². The summed E-state index contributed by atoms with van der Waals surface area (Å²) < 4.78 is 5.00. The zero-order chi connectivity index (χ0) is 13.2. The minimum atomic E-state index is 0.175. The van der Waals surface area contributed by atoms with E-state index in [1.54, 1.807) is 12.0 Å². The van der Waals surface area contributed by atoms with Gasteiger partial charge in [0.15, 0.2) is 0 Å². The summed E-state index contributed by atoms with van der Waals surface area (Å²) in [6, 6.07) is 2.09. The molecule has 0 N–H and O–H groups in total. The second-order valence-electron chi connectivity index (χ2n) is 4.97. The minimum Gasteiger partial charge on any atom is -0.383 e. The number of amides is 1. The van der Waals surface area contributed by atoms with Crippen molar-refractivity contribution in [3.63, 3.8) is 0 Å². The zero-order valence-corrected chi connectivity index (χ0v) is 11.4. The lowest BCUT2D eigenvalue weighted by Crippen LogP contribution is -2.34. The largest absolute Gasteiger partial charge is 0.383 e. The number of hydrogen-bond donors (Lipinski definition) is 0. The van der Waals surface area contributed by atoms with Gasteiger partial charge in [-0.3, -0.25) is 4.79 Å². The van der Waals surface area contributed by atoms with E-state index in [-0.39, 0.29) is 5.91 Å². The number of ether oxygens (including phenoxy) is 1. The fourth-order valence-electron chi connectivity index (χ4n) is 2.53. The third kappa shape index (κ3) is 5.50. The first-order chi connectivity index (χ1) is 8.77. The second kappa shape index (κ2) is 8.93. The predicted octanol–water partition coefficient (Wildman–Crippen LogP) is 2.35. The van der Waals surface area contributed by atoms with E-state index in [1.165, 1.54) is 25.7 Å². The van der Waals surface area contributed by atoms with Gasteiger partial charge in [0, 0.05) is 26.6 Å². The summed E-state index contributed by atoms with van der Waals surface area (Å²) in [5.41, 5.74) is 0. The molecule has 0 unspecified atom stereocenters. The van der Waals surface area contributed by atoms with Crippen LogP contribution in [-0.2, 0) is 9.53 Å². The fourth-order valence-corrected chi connectivity index (χ4v) is 2.53. The molecule has 18 heavy (non-hydrogen) atoms. The molecule has 0 bridgehead atoms. The van der Waals surface area contributed by atoms with Gasteiger partial charge >= 0.3 is 0 Å². The highest BCUT2D eigenvalue weighted by Gasteiger charge is 2.18. The number of hydrogen-bond acceptors (Lipinski definition) is 3. The molecule has 0 heterocycles. The molecule has 1 rings (SSSR count). The van der Waals surface area contributed by atoms with Gasteiger partial charge in [-0.2, -0.15) is 5.26 Å². The van der Waals surface area contributed by atoms with E-state index in [4.69, 9.17) is 10.00 Å². The second-order valence-corrected chi connectivity index (χ2v) is 4.97. The monoisotopic (exact) mass is 252 g/mol. The molecule has 0 aromatic carbocycles. The molecule has 0 aromatic rings. The van der Waals surface area contributed by atoms with Crippen LogP contribution in [0.2, 0.25) is 0 Å². The van der Waals surface area contributed by atoms with Gasteiger partial charge < -0.3 is 9.64 Å². The summed E-state index contributed by atoms with van der Waals surface area (Å²) in [7, 11) is 1.63. The fraction of sp³-hybridized carbons (Fsp3) is 0.857. The van der Waals surface area contributed by atoms with Crippen LogP contribution in [0.3, 0.4) is 0 Å². The number of nitrogens with zero attached hydrogens (tertiary/aromatic N) is 2. The third-order valence-corrected chi connectivity index (χ3v) is 3.65. The average Bonchev–Trinajstić information content (AvgIpc) is 2.89. The van der Waals surface area contributed by atoms with E-state index in [2.05, 4.69) is 6.07 Å². The lowest BCUT2D eigenvalue weighted by Gasteiger charge is -2.22. The predicted molar refractivity (Wildman–Crippen MR) is 69.9 cm³/mol. The van der Waals surface area contributed by atoms with Crippen molar-refractivity contribution in [3.8, 4) is 6.07 Å². The smallest absolute Gasteiger partial charge is 0.222 e. The maximum atomic E-state index is 12.1. The molecule has 0 aliphatic heterocycles. The summed E-state index contributed by atoms with van der Waals surface area (Å²) in [6.45, 7) is 1.67. The summed E-state index contributed by atoms with van der Waals surface area (Å²) in [5, 5.41) is 8.61. The Hall–Kier alpha value is -1.08. The minimum absolute atomic E-state index is 0.175. The molecule has 4 heteroatoms. The summed E-state index contributed by atoms with van der Waals surface area (Å²) in [6.07, 6.45) is 7.24. The molecule has 0 atom stereocenters. The highest BCUT2D eigenvalue weighted by molar-refractivity contribution is 5.76. The van der Waals surface area contributed by atoms with Crippen LogP contribution in [0.5, 0.6) is 0 Å². The first-order valence-electron chi connectivity index (χ1n) is 6.91. The molecule has 102 valence electrons. The van der Waals surface area contributed by atoms with Gasteiger partial charge in [-0.15, -0.1) is 0 Å². The molecule has 1 amide bonds. The van der Waals surface area contributed by atoms with Gasteiger partial charge in [0.05, 0.1) is 19.1 Å². The van der Waals surface area contributed by atoms with Gasteiger partial charge in [0.2, 0.25) is 5.91 Å². The van der Waals surface area contributed by atoms with E-state index in [1.807, 2.05) is 0 Å². The van der Waals surface area contributed by atoms with Crippen LogP contribution < -0.4 is 0 Å². The molecule has 1 fully saturated rings. The maximum Gasteiger partial charge on any atom is 0.222 e. The van der Waals surface area contributed by atoms with Crippen LogP contribution in [0.4, 0.5) is 0 Å². The Kier molecular flexibility index (Phi) is 7.43. The maximum absolute atomic E-state index is 12.1. The molecule has 1 saturated carbocycles. The quantitative estimate of drug-likeness (QED) is 0.666. The zero-order valence-electron chi connectivity index (χ0n) is 11.4. The van der Waals surface area contributed by atoms with E-state index in [0.29, 0.717) is 32.5 Å². The number of carbonyl (C=O) groups excluding carboxylic acids is 1. The Labute approximate surface area is 110 Å². The van der Waals surface area contributed by atoms with Gasteiger partial charge in [0.1, 0.15) is 0 Å². The van der Waals surface area contributed by atoms with Crippen molar-refractivity contribution in [2.24, 2.45) is 5.92 Å². The topological polar surface area (TPSA) is 53.3 Å². The van der Waals surface area contributed by atoms with E-state index < -0.39 is 0 Å². The Morgan fingerprint density at radius 1 is 1.39 bits per heavy atom. The normalized spacial score (nSPS) is 15.6. The van der Waals surface area contributed by atoms with Gasteiger partial charge in [-0.1, -0.05) is 25.7 Å². The number of methoxy groups -OCH3 is 1. The molecule has 0 saturated heterocycles. The van der Waals surface area contributed by atoms with Crippen molar-refractivity contribution in [1.82, 2.24) is 4.90 Å². The Morgan fingerprint density at radius 2 is 2.11 bits per heavy atom. The van der Waals surface area contributed by atoms with Crippen molar-refractivity contribution >= 4 is 5.91 Å². The Morgan fingerprint density at radius 3 is 2.72 bits per heavy atom. The standard InChI is InChI=1S/C14H24N2O2/c1-18-12-11-16(10-4-9-15)14(17)8-7-13-5-2-3-6-13/h13H,2-8,10-12H2,1H3. The van der Waals surface area contributed by atoms with Crippen LogP contribution in [-0.4, -0.2) is 37.6 Å². The number of rotatable bonds is 8. The van der Waals surface area contributed by atoms with Crippen molar-refractivity contribution in [1.29, 1.82) is 5.26 Å². The van der Waals surface area contributed by atoms with Gasteiger partial charge in [0.25, 0.3) is 0 Å². The van der Waals surface area contributed by atoms with E-state index in [9.17, 15) is 4.79 Å². The summed E-state index contributed by atoms with van der Waals surface area (Å²) in [5.74, 6) is 0.920. The number of nitriles is 1. The van der Waals surface area contributed by atoms with Gasteiger partial charge in [-0.25, -0.2) is 0 Å². The van der Waals surface area contributed by atoms with E-state index in [0.717, 1.165) is 12.3 Å². The number of carbonyl (C=O) groups is 1. The molecular weight excluding hydrogens is 228 g/mol. The molecule has 0 radical (unpaired) electrons. The van der Waals surface area contributed by atoms with Crippen LogP contribution in [0, 0.1) is 17.2 Å². The molecule has 0 spiro atoms. The summed E-state index contributed by atoms with van der Waals surface area (Å²) >= 11 is 0. The average molecular weight is 252 g/mol. The highest BCUT2D eigenvalue weighted by atomic mass is 16.5. The van der Waals surface area contributed by atoms with E-state index >= 15 is 0 Å². The molecule has 1 aliphatic rings. The molecule has 4 nitrogen and oxygen atoms in total. The van der Waals surface area contributed by atoms with Crippen LogP contribution in [0.15, 0.2) is 0 Å². The van der Waals surface area contributed by atoms with Crippen molar-refractivity contribution in [2.45, 2.75) is 44.9 Å². The SMILES string of the molecule is COCCN(CCC#N)C(=O)CCC1CCCC1. The molecule has 1 aliphatic carbocycles. The third-order valence-electron chi connectivity index (χ3n) is 3.65. The first kappa shape index (κ1) is 15.0. The van der Waals surface area contributed by atoms with Crippen LogP contribution in [0.1, 0.15) is 44.9 Å². The van der Waals surface area contributed by atoms with Gasteiger partial charge in [-0.05, 0) is 12.3 Å². The molecule has 0 aromatic heterocycles. The Bertz CT molecular complexity index is 280. The lowest BCUT2D eigenvalue weighted by atomic mass is 10.0. The van der Waals surface area contributed by atoms with Crippen LogP contribution >= 0.6 is 0 Å². The first-order valence-corrected chi connectivity index (χ1v) is 6.91. The van der Waals surface area contributed by atoms with Crippen molar-refractivity contribution < 1.29 is 9.53 Å².